The molecule has 2 aliphatic heterocycles. The van der Waals surface area contributed by atoms with E-state index >= 15 is 0 Å². The van der Waals surface area contributed by atoms with Gasteiger partial charge in [-0.2, -0.15) is 13.2 Å². The number of ether oxygens (including phenoxy) is 1. The Balaban J connectivity index is 1.80. The summed E-state index contributed by atoms with van der Waals surface area (Å²) in [5, 5.41) is 11.2. The third kappa shape index (κ3) is 2.66. The van der Waals surface area contributed by atoms with E-state index in [2.05, 4.69) is 4.98 Å². The van der Waals surface area contributed by atoms with Crippen molar-refractivity contribution >= 4 is 16.9 Å². The Morgan fingerprint density at radius 2 is 2.00 bits per heavy atom. The van der Waals surface area contributed by atoms with Gasteiger partial charge in [-0.25, -0.2) is 9.78 Å². The van der Waals surface area contributed by atoms with Crippen LogP contribution in [-0.2, 0) is 41.0 Å². The third-order valence-electron chi connectivity index (χ3n) is 6.34. The first-order chi connectivity index (χ1) is 15.1. The van der Waals surface area contributed by atoms with Gasteiger partial charge in [0.05, 0.1) is 34.6 Å². The number of nitrogens with two attached hydrogens (primary N) is 1. The number of esters is 1. The number of alkyl halides is 3. The zero-order chi connectivity index (χ0) is 23.0. The molecule has 166 valence electrons. The van der Waals surface area contributed by atoms with Gasteiger partial charge in [-0.05, 0) is 36.2 Å². The summed E-state index contributed by atoms with van der Waals surface area (Å²) in [6.07, 6.45) is -4.51. The first-order valence-electron chi connectivity index (χ1n) is 10.00. The number of aromatic nitrogens is 2. The molecule has 2 aromatic heterocycles. The van der Waals surface area contributed by atoms with Gasteiger partial charge in [0.25, 0.3) is 5.56 Å². The maximum absolute atomic E-state index is 13.2. The van der Waals surface area contributed by atoms with Crippen molar-refractivity contribution in [3.05, 3.63) is 62.4 Å². The molecule has 5 rings (SSSR count). The van der Waals surface area contributed by atoms with Gasteiger partial charge >= 0.3 is 12.1 Å². The number of cyclic esters (lactones) is 1. The van der Waals surface area contributed by atoms with Crippen molar-refractivity contribution in [2.75, 3.05) is 0 Å². The van der Waals surface area contributed by atoms with Crippen LogP contribution in [-0.4, -0.2) is 20.6 Å². The van der Waals surface area contributed by atoms with E-state index < -0.39 is 28.9 Å². The van der Waals surface area contributed by atoms with Crippen molar-refractivity contribution in [3.8, 4) is 11.4 Å². The van der Waals surface area contributed by atoms with Crippen molar-refractivity contribution in [1.82, 2.24) is 9.55 Å². The zero-order valence-corrected chi connectivity index (χ0v) is 16.9. The molecule has 10 heteroatoms. The molecular weight excluding hydrogens is 427 g/mol. The molecule has 1 atom stereocenters. The summed E-state index contributed by atoms with van der Waals surface area (Å²) in [6, 6.07) is 4.79. The van der Waals surface area contributed by atoms with Crippen molar-refractivity contribution in [2.24, 2.45) is 5.73 Å². The van der Waals surface area contributed by atoms with Crippen LogP contribution in [0.2, 0.25) is 0 Å². The van der Waals surface area contributed by atoms with Gasteiger partial charge < -0.3 is 20.1 Å². The summed E-state index contributed by atoms with van der Waals surface area (Å²) in [5.41, 5.74) is 5.15. The second-order valence-corrected chi connectivity index (χ2v) is 7.95. The van der Waals surface area contributed by atoms with Crippen LogP contribution in [0.1, 0.15) is 41.2 Å². The van der Waals surface area contributed by atoms with E-state index in [1.807, 2.05) is 0 Å². The molecule has 2 aliphatic rings. The summed E-state index contributed by atoms with van der Waals surface area (Å²) in [4.78, 5) is 30.0. The van der Waals surface area contributed by atoms with Crippen LogP contribution in [0.25, 0.3) is 22.3 Å². The minimum absolute atomic E-state index is 0.00794. The Hall–Kier alpha value is -3.24. The summed E-state index contributed by atoms with van der Waals surface area (Å²) in [7, 11) is 0. The molecule has 0 aliphatic carbocycles. The lowest BCUT2D eigenvalue weighted by Crippen LogP contribution is -2.44. The van der Waals surface area contributed by atoms with Crippen molar-refractivity contribution < 1.29 is 27.8 Å². The number of aliphatic hydroxyl groups is 1. The SMILES string of the molecule is CC[C@@]1(O)C(=O)OCc2c1cc1n(c2=O)Cc2c-1nc1ccc(C(F)(F)F)cc1c2CN. The standard InChI is InChI=1S/C22H18F3N3O4/c1-2-21(31)15-6-17-18-13(8-28(17)19(29)14(15)9-32-20(21)30)12(7-26)11-5-10(22(23,24)25)3-4-16(11)27-18/h3-6,31H,2,7-9,26H2,1H3/t21-/m0/s1. The molecule has 32 heavy (non-hydrogen) atoms. The first kappa shape index (κ1) is 20.7. The zero-order valence-electron chi connectivity index (χ0n) is 16.9. The van der Waals surface area contributed by atoms with Crippen molar-refractivity contribution in [1.29, 1.82) is 0 Å². The highest BCUT2D eigenvalue weighted by atomic mass is 19.4. The molecule has 3 N–H and O–H groups in total. The minimum atomic E-state index is -4.52. The number of nitrogens with zero attached hydrogens (tertiary/aromatic N) is 2. The van der Waals surface area contributed by atoms with Gasteiger partial charge in [-0.1, -0.05) is 6.92 Å². The average molecular weight is 445 g/mol. The van der Waals surface area contributed by atoms with Crippen LogP contribution in [0.5, 0.6) is 0 Å². The molecule has 1 aromatic carbocycles. The molecule has 0 radical (unpaired) electrons. The first-order valence-corrected chi connectivity index (χ1v) is 10.00. The lowest BCUT2D eigenvalue weighted by molar-refractivity contribution is -0.172. The number of rotatable bonds is 2. The molecule has 0 spiro atoms. The number of pyridine rings is 2. The van der Waals surface area contributed by atoms with Crippen LogP contribution in [0.4, 0.5) is 13.2 Å². The molecule has 0 fully saturated rings. The van der Waals surface area contributed by atoms with Gasteiger partial charge in [-0.15, -0.1) is 0 Å². The van der Waals surface area contributed by atoms with E-state index in [4.69, 9.17) is 10.5 Å². The highest BCUT2D eigenvalue weighted by molar-refractivity contribution is 5.89. The molecular formula is C22H18F3N3O4. The maximum Gasteiger partial charge on any atom is 0.416 e. The summed E-state index contributed by atoms with van der Waals surface area (Å²) in [6.45, 7) is 1.36. The normalized spacial score (nSPS) is 19.5. The fourth-order valence-corrected chi connectivity index (χ4v) is 4.57. The second kappa shape index (κ2) is 6.63. The number of carbonyl (C=O) groups is 1. The van der Waals surface area contributed by atoms with E-state index in [1.54, 1.807) is 13.0 Å². The topological polar surface area (TPSA) is 107 Å². The number of fused-ring (bicyclic) bond motifs is 5. The smallest absolute Gasteiger partial charge is 0.416 e. The highest BCUT2D eigenvalue weighted by Gasteiger charge is 2.45. The van der Waals surface area contributed by atoms with E-state index in [1.165, 1.54) is 10.6 Å². The van der Waals surface area contributed by atoms with Crippen LogP contribution < -0.4 is 11.3 Å². The third-order valence-corrected chi connectivity index (χ3v) is 6.34. The van der Waals surface area contributed by atoms with E-state index in [0.717, 1.165) is 12.1 Å². The number of halogens is 3. The molecule has 0 bridgehead atoms. The lowest BCUT2D eigenvalue weighted by Gasteiger charge is -2.31. The maximum atomic E-state index is 13.2. The second-order valence-electron chi connectivity index (χ2n) is 7.95. The number of hydrogen-bond acceptors (Lipinski definition) is 6. The van der Waals surface area contributed by atoms with Gasteiger partial charge in [-0.3, -0.25) is 4.79 Å². The summed E-state index contributed by atoms with van der Waals surface area (Å²) < 4.78 is 46.2. The van der Waals surface area contributed by atoms with Gasteiger partial charge in [0.1, 0.15) is 6.61 Å². The molecule has 3 aromatic rings. The Bertz CT molecular complexity index is 1380. The average Bonchev–Trinajstić information content (AvgIpc) is 3.12. The highest BCUT2D eigenvalue weighted by Crippen LogP contribution is 2.41. The predicted octanol–water partition coefficient (Wildman–Crippen LogP) is 2.56. The Kier molecular flexibility index (Phi) is 4.28. The van der Waals surface area contributed by atoms with Crippen LogP contribution >= 0.6 is 0 Å². The molecule has 0 saturated carbocycles. The van der Waals surface area contributed by atoms with E-state index in [9.17, 15) is 27.9 Å². The van der Waals surface area contributed by atoms with Gasteiger partial charge in [0.15, 0.2) is 5.60 Å². The number of carbonyl (C=O) groups excluding carboxylic acids is 1. The lowest BCUT2D eigenvalue weighted by atomic mass is 9.86. The number of hydrogen-bond donors (Lipinski definition) is 2. The van der Waals surface area contributed by atoms with Crippen molar-refractivity contribution in [3.63, 3.8) is 0 Å². The van der Waals surface area contributed by atoms with Crippen LogP contribution in [0.3, 0.4) is 0 Å². The predicted molar refractivity (Wildman–Crippen MR) is 107 cm³/mol. The van der Waals surface area contributed by atoms with Crippen molar-refractivity contribution in [2.45, 2.75) is 44.8 Å². The minimum Gasteiger partial charge on any atom is -0.458 e. The fraction of sp³-hybridized carbons (Fsp3) is 0.318. The summed E-state index contributed by atoms with van der Waals surface area (Å²) in [5.74, 6) is -0.830. The van der Waals surface area contributed by atoms with E-state index in [0.29, 0.717) is 28.0 Å². The Morgan fingerprint density at radius 1 is 1.25 bits per heavy atom. The molecule has 0 unspecified atom stereocenters. The Labute approximate surface area is 179 Å². The van der Waals surface area contributed by atoms with Crippen LogP contribution in [0.15, 0.2) is 29.1 Å². The van der Waals surface area contributed by atoms with E-state index in [-0.39, 0.29) is 42.6 Å². The van der Waals surface area contributed by atoms with Gasteiger partial charge in [0, 0.05) is 23.1 Å². The quantitative estimate of drug-likeness (QED) is 0.459. The van der Waals surface area contributed by atoms with Gasteiger partial charge in [0.2, 0.25) is 0 Å². The molecule has 7 nitrogen and oxygen atoms in total. The molecule has 0 saturated heterocycles. The summed E-state index contributed by atoms with van der Waals surface area (Å²) >= 11 is 0. The molecule has 4 heterocycles. The Morgan fingerprint density at radius 3 is 2.66 bits per heavy atom. The largest absolute Gasteiger partial charge is 0.458 e. The number of benzene rings is 1. The van der Waals surface area contributed by atoms with Crippen LogP contribution in [0, 0.1) is 0 Å². The monoisotopic (exact) mass is 445 g/mol. The molecule has 0 amide bonds. The fourth-order valence-electron chi connectivity index (χ4n) is 4.57.